The third-order valence-electron chi connectivity index (χ3n) is 1.63. The lowest BCUT2D eigenvalue weighted by Gasteiger charge is -2.02. The predicted molar refractivity (Wildman–Crippen MR) is 58.7 cm³/mol. The Hall–Kier alpha value is -0.0600. The van der Waals surface area contributed by atoms with Crippen molar-refractivity contribution in [2.45, 2.75) is 36.0 Å². The number of rotatable bonds is 7. The van der Waals surface area contributed by atoms with E-state index in [1.165, 1.54) is 0 Å². The number of carbonyl (C=O) groups is 1. The first-order chi connectivity index (χ1) is 5.68. The maximum Gasteiger partial charge on any atom is 0.316 e. The summed E-state index contributed by atoms with van der Waals surface area (Å²) < 4.78 is -0.216. The maximum absolute atomic E-state index is 10.4. The van der Waals surface area contributed by atoms with Crippen LogP contribution in [-0.2, 0) is 4.79 Å². The number of carboxylic acid groups (broad SMARTS) is 1. The Morgan fingerprint density at radius 3 is 2.67 bits per heavy atom. The van der Waals surface area contributed by atoms with Crippen LogP contribution in [0.3, 0.4) is 0 Å². The average Bonchev–Trinajstić information content (AvgIpc) is 2.03. The van der Waals surface area contributed by atoms with Crippen molar-refractivity contribution in [1.82, 2.24) is 0 Å². The molecule has 0 heterocycles. The zero-order valence-corrected chi connectivity index (χ0v) is 9.29. The molecule has 2 nitrogen and oxygen atoms in total. The summed E-state index contributed by atoms with van der Waals surface area (Å²) in [6.07, 6.45) is 6.98. The van der Waals surface area contributed by atoms with Crippen molar-refractivity contribution in [1.29, 1.82) is 0 Å². The van der Waals surface area contributed by atoms with Crippen molar-refractivity contribution in [2.75, 3.05) is 0 Å². The Labute approximate surface area is 87.2 Å². The summed E-state index contributed by atoms with van der Waals surface area (Å²) >= 11 is 1.97. The lowest BCUT2D eigenvalue weighted by atomic mass is 10.1. The highest BCUT2D eigenvalue weighted by Crippen LogP contribution is 2.12. The summed E-state index contributed by atoms with van der Waals surface area (Å²) in [4.78, 5) is 10.4. The maximum atomic E-state index is 10.4. The number of halogens is 1. The Morgan fingerprint density at radius 1 is 1.50 bits per heavy atom. The molecule has 0 aliphatic carbocycles. The molecule has 0 aliphatic heterocycles. The molecule has 1 unspecified atom stereocenters. The van der Waals surface area contributed by atoms with Crippen LogP contribution in [0, 0.1) is 0 Å². The van der Waals surface area contributed by atoms with Gasteiger partial charge in [-0.05, 0) is 19.3 Å². The van der Waals surface area contributed by atoms with Crippen molar-refractivity contribution in [3.05, 3.63) is 12.7 Å². The van der Waals surface area contributed by atoms with E-state index in [1.807, 2.05) is 28.7 Å². The van der Waals surface area contributed by atoms with Gasteiger partial charge in [0.05, 0.1) is 0 Å². The van der Waals surface area contributed by atoms with E-state index in [-0.39, 0.29) is 3.92 Å². The highest BCUT2D eigenvalue weighted by Gasteiger charge is 2.10. The Balaban J connectivity index is 3.19. The zero-order valence-electron chi connectivity index (χ0n) is 7.13. The number of hydrogen-bond acceptors (Lipinski definition) is 1. The fourth-order valence-electron chi connectivity index (χ4n) is 0.912. The Kier molecular flexibility index (Phi) is 7.54. The zero-order chi connectivity index (χ0) is 9.40. The molecule has 0 aromatic rings. The van der Waals surface area contributed by atoms with Crippen LogP contribution in [0.15, 0.2) is 12.7 Å². The van der Waals surface area contributed by atoms with Crippen LogP contribution in [0.2, 0.25) is 0 Å². The fraction of sp³-hybridized carbons (Fsp3) is 0.667. The van der Waals surface area contributed by atoms with Gasteiger partial charge in [0.1, 0.15) is 3.92 Å². The van der Waals surface area contributed by atoms with E-state index >= 15 is 0 Å². The molecule has 0 bridgehead atoms. The summed E-state index contributed by atoms with van der Waals surface area (Å²) in [5, 5.41) is 8.56. The Morgan fingerprint density at radius 2 is 2.17 bits per heavy atom. The number of hydrogen-bond donors (Lipinski definition) is 1. The van der Waals surface area contributed by atoms with Gasteiger partial charge in [-0.25, -0.2) is 0 Å². The normalized spacial score (nSPS) is 12.4. The third-order valence-corrected chi connectivity index (χ3v) is 2.79. The van der Waals surface area contributed by atoms with Gasteiger partial charge in [0.25, 0.3) is 0 Å². The van der Waals surface area contributed by atoms with Gasteiger partial charge >= 0.3 is 5.97 Å². The van der Waals surface area contributed by atoms with Crippen molar-refractivity contribution in [2.24, 2.45) is 0 Å². The third kappa shape index (κ3) is 6.64. The molecule has 1 N–H and O–H groups in total. The van der Waals surface area contributed by atoms with Gasteiger partial charge in [-0.15, -0.1) is 6.58 Å². The first-order valence-corrected chi connectivity index (χ1v) is 5.41. The van der Waals surface area contributed by atoms with Gasteiger partial charge in [-0.1, -0.05) is 41.5 Å². The lowest BCUT2D eigenvalue weighted by molar-refractivity contribution is -0.136. The van der Waals surface area contributed by atoms with Crippen LogP contribution in [0.1, 0.15) is 32.1 Å². The molecule has 0 spiro atoms. The minimum absolute atomic E-state index is 0.216. The van der Waals surface area contributed by atoms with Gasteiger partial charge in [0.15, 0.2) is 0 Å². The fourth-order valence-corrected chi connectivity index (χ4v) is 1.35. The second kappa shape index (κ2) is 7.58. The van der Waals surface area contributed by atoms with Crippen LogP contribution in [-0.4, -0.2) is 15.0 Å². The van der Waals surface area contributed by atoms with Crippen molar-refractivity contribution in [3.8, 4) is 0 Å². The van der Waals surface area contributed by atoms with Gasteiger partial charge < -0.3 is 5.11 Å². The molecule has 0 radical (unpaired) electrons. The van der Waals surface area contributed by atoms with Crippen molar-refractivity contribution in [3.63, 3.8) is 0 Å². The molecular formula is C9H15IO2. The summed E-state index contributed by atoms with van der Waals surface area (Å²) in [6.45, 7) is 3.63. The number of aliphatic carboxylic acids is 1. The monoisotopic (exact) mass is 282 g/mol. The highest BCUT2D eigenvalue weighted by molar-refractivity contribution is 14.1. The molecule has 3 heteroatoms. The largest absolute Gasteiger partial charge is 0.480 e. The molecule has 0 rings (SSSR count). The molecule has 1 atom stereocenters. The average molecular weight is 282 g/mol. The number of carboxylic acids is 1. The smallest absolute Gasteiger partial charge is 0.316 e. The first-order valence-electron chi connectivity index (χ1n) is 4.16. The van der Waals surface area contributed by atoms with Crippen LogP contribution in [0.5, 0.6) is 0 Å². The molecule has 70 valence electrons. The van der Waals surface area contributed by atoms with E-state index < -0.39 is 5.97 Å². The molecule has 0 fully saturated rings. The Bertz CT molecular complexity index is 145. The summed E-state index contributed by atoms with van der Waals surface area (Å²) in [5.74, 6) is -0.695. The van der Waals surface area contributed by atoms with Gasteiger partial charge in [-0.2, -0.15) is 0 Å². The van der Waals surface area contributed by atoms with E-state index in [1.54, 1.807) is 0 Å². The van der Waals surface area contributed by atoms with Crippen LogP contribution >= 0.6 is 22.6 Å². The standard InChI is InChI=1S/C9H15IO2/c1-2-3-4-5-6-7-8(10)9(11)12/h2,8H,1,3-7H2,(H,11,12). The summed E-state index contributed by atoms with van der Waals surface area (Å²) in [5.41, 5.74) is 0. The predicted octanol–water partition coefficient (Wildman–Crippen LogP) is 3.01. The second-order valence-electron chi connectivity index (χ2n) is 2.73. The topological polar surface area (TPSA) is 37.3 Å². The molecular weight excluding hydrogens is 267 g/mol. The summed E-state index contributed by atoms with van der Waals surface area (Å²) in [7, 11) is 0. The molecule has 0 saturated heterocycles. The van der Waals surface area contributed by atoms with E-state index in [0.717, 1.165) is 32.1 Å². The lowest BCUT2D eigenvalue weighted by Crippen LogP contribution is -2.11. The first kappa shape index (κ1) is 11.9. The van der Waals surface area contributed by atoms with E-state index in [2.05, 4.69) is 6.58 Å². The molecule has 0 saturated carbocycles. The van der Waals surface area contributed by atoms with E-state index in [4.69, 9.17) is 5.11 Å². The molecule has 0 aromatic heterocycles. The molecule has 0 aliphatic rings. The van der Waals surface area contributed by atoms with Crippen LogP contribution in [0.4, 0.5) is 0 Å². The number of alkyl halides is 1. The number of allylic oxidation sites excluding steroid dienone is 1. The minimum Gasteiger partial charge on any atom is -0.480 e. The van der Waals surface area contributed by atoms with Crippen LogP contribution in [0.25, 0.3) is 0 Å². The van der Waals surface area contributed by atoms with Gasteiger partial charge in [0, 0.05) is 0 Å². The molecule has 0 aromatic carbocycles. The van der Waals surface area contributed by atoms with E-state index in [0.29, 0.717) is 0 Å². The van der Waals surface area contributed by atoms with Crippen molar-refractivity contribution < 1.29 is 9.90 Å². The van der Waals surface area contributed by atoms with E-state index in [9.17, 15) is 4.79 Å². The highest BCUT2D eigenvalue weighted by atomic mass is 127. The second-order valence-corrected chi connectivity index (χ2v) is 4.24. The number of unbranched alkanes of at least 4 members (excludes halogenated alkanes) is 3. The van der Waals surface area contributed by atoms with Crippen LogP contribution < -0.4 is 0 Å². The van der Waals surface area contributed by atoms with Gasteiger partial charge in [-0.3, -0.25) is 4.79 Å². The quantitative estimate of drug-likeness (QED) is 0.337. The molecule has 12 heavy (non-hydrogen) atoms. The molecule has 0 amide bonds. The summed E-state index contributed by atoms with van der Waals surface area (Å²) in [6, 6.07) is 0. The SMILES string of the molecule is C=CCCCCCC(I)C(=O)O. The van der Waals surface area contributed by atoms with Crippen molar-refractivity contribution >= 4 is 28.6 Å². The van der Waals surface area contributed by atoms with Gasteiger partial charge in [0.2, 0.25) is 0 Å². The minimum atomic E-state index is -0.695.